The van der Waals surface area contributed by atoms with Crippen molar-refractivity contribution in [3.63, 3.8) is 0 Å². The van der Waals surface area contributed by atoms with E-state index in [1.807, 2.05) is 0 Å². The molecule has 0 aromatic heterocycles. The smallest absolute Gasteiger partial charge is 0.435 e. The maximum Gasteiger partial charge on any atom is 0.511 e. The summed E-state index contributed by atoms with van der Waals surface area (Å²) in [6, 6.07) is 4.72. The summed E-state index contributed by atoms with van der Waals surface area (Å²) in [5, 5.41) is 11.6. The van der Waals surface area contributed by atoms with E-state index in [2.05, 4.69) is 18.9 Å². The van der Waals surface area contributed by atoms with Crippen LogP contribution in [0.15, 0.2) is 18.2 Å². The lowest BCUT2D eigenvalue weighted by molar-refractivity contribution is -0.173. The molecule has 0 radical (unpaired) electrons. The van der Waals surface area contributed by atoms with Gasteiger partial charge in [-0.15, -0.1) is 12.4 Å². The Morgan fingerprint density at radius 2 is 1.51 bits per heavy atom. The monoisotopic (exact) mass is 615 g/mol. The molecule has 13 nitrogen and oxygen atoms in total. The zero-order valence-electron chi connectivity index (χ0n) is 20.8. The van der Waals surface area contributed by atoms with Crippen LogP contribution in [0.4, 0.5) is 9.59 Å². The number of hydrogen-bond donors (Lipinski definition) is 2. The van der Waals surface area contributed by atoms with Crippen molar-refractivity contribution in [3.8, 4) is 0 Å². The summed E-state index contributed by atoms with van der Waals surface area (Å²) < 4.78 is 34.2. The lowest BCUT2D eigenvalue weighted by atomic mass is 9.87. The van der Waals surface area contributed by atoms with Crippen LogP contribution in [-0.4, -0.2) is 73.9 Å². The molecular weight excluding hydrogens is 589 g/mol. The second-order valence-corrected chi connectivity index (χ2v) is 9.13. The molecule has 2 aliphatic rings. The number of aliphatic hydroxyl groups is 1. The Hall–Kier alpha value is -2.55. The molecule has 3 N–H and O–H groups in total. The number of carbonyl (C=O) groups excluding carboxylic acids is 4. The number of halogens is 3. The molecule has 0 amide bonds. The number of ether oxygens (including phenoxy) is 7. The van der Waals surface area contributed by atoms with Gasteiger partial charge in [-0.1, -0.05) is 29.3 Å². The minimum Gasteiger partial charge on any atom is -0.435 e. The van der Waals surface area contributed by atoms with E-state index in [4.69, 9.17) is 43.1 Å². The molecule has 2 fully saturated rings. The molecule has 39 heavy (non-hydrogen) atoms. The van der Waals surface area contributed by atoms with Crippen molar-refractivity contribution < 1.29 is 57.4 Å². The maximum atomic E-state index is 13.1. The first-order valence-corrected chi connectivity index (χ1v) is 12.3. The van der Waals surface area contributed by atoms with Gasteiger partial charge in [-0.3, -0.25) is 4.79 Å². The predicted octanol–water partition coefficient (Wildman–Crippen LogP) is 2.58. The second-order valence-electron chi connectivity index (χ2n) is 8.32. The van der Waals surface area contributed by atoms with Crippen molar-refractivity contribution in [2.75, 3.05) is 26.8 Å². The van der Waals surface area contributed by atoms with Crippen LogP contribution in [0.25, 0.3) is 0 Å². The number of benzene rings is 1. The summed E-state index contributed by atoms with van der Waals surface area (Å²) in [4.78, 5) is 48.4. The zero-order valence-corrected chi connectivity index (χ0v) is 23.2. The van der Waals surface area contributed by atoms with E-state index in [0.717, 1.165) is 0 Å². The first kappa shape index (κ1) is 32.7. The van der Waals surface area contributed by atoms with Crippen LogP contribution in [0.1, 0.15) is 19.4 Å². The van der Waals surface area contributed by atoms with Crippen LogP contribution in [0.5, 0.6) is 0 Å². The van der Waals surface area contributed by atoms with Crippen LogP contribution in [0.2, 0.25) is 10.0 Å². The van der Waals surface area contributed by atoms with Crippen LogP contribution < -0.4 is 5.73 Å². The highest BCUT2D eigenvalue weighted by atomic mass is 35.5. The molecular formula is C23H28Cl3NO12. The minimum atomic E-state index is -2.04. The van der Waals surface area contributed by atoms with Gasteiger partial charge in [0.25, 0.3) is 0 Å². The maximum absolute atomic E-state index is 13.1. The SMILES string of the molecule is CCOC(=O)OCOC(=O)[C@H]1[C@@H]2[C@H](O)[C@@H](OCc3ccc(Cl)c(Cl)c3)[C@@](N)(C(=O)OCOC(=O)OCC)[C@H]12.Cl. The van der Waals surface area contributed by atoms with Gasteiger partial charge in [0.2, 0.25) is 13.6 Å². The Labute approximate surface area is 239 Å². The molecule has 2 aliphatic carbocycles. The zero-order chi connectivity index (χ0) is 28.0. The Morgan fingerprint density at radius 3 is 2.08 bits per heavy atom. The Morgan fingerprint density at radius 1 is 0.923 bits per heavy atom. The van der Waals surface area contributed by atoms with E-state index in [-0.39, 0.29) is 37.3 Å². The fourth-order valence-electron chi connectivity index (χ4n) is 4.46. The van der Waals surface area contributed by atoms with Gasteiger partial charge in [0.15, 0.2) is 0 Å². The number of nitrogens with two attached hydrogens (primary N) is 1. The van der Waals surface area contributed by atoms with Crippen LogP contribution in [-0.2, 0) is 49.4 Å². The minimum absolute atomic E-state index is 0. The van der Waals surface area contributed by atoms with Gasteiger partial charge in [0, 0.05) is 11.8 Å². The normalized spacial score (nSPS) is 26.4. The average molecular weight is 617 g/mol. The molecule has 0 aliphatic heterocycles. The first-order chi connectivity index (χ1) is 18.1. The fourth-order valence-corrected chi connectivity index (χ4v) is 4.78. The molecule has 0 heterocycles. The third kappa shape index (κ3) is 7.35. The molecule has 3 rings (SSSR count). The number of aliphatic hydroxyl groups excluding tert-OH is 1. The molecule has 16 heteroatoms. The summed E-state index contributed by atoms with van der Waals surface area (Å²) >= 11 is 12.0. The lowest BCUT2D eigenvalue weighted by Gasteiger charge is -2.34. The first-order valence-electron chi connectivity index (χ1n) is 11.5. The third-order valence-electron chi connectivity index (χ3n) is 6.11. The van der Waals surface area contributed by atoms with Crippen molar-refractivity contribution in [2.45, 2.75) is 38.2 Å². The number of esters is 2. The molecule has 6 atom stereocenters. The van der Waals surface area contributed by atoms with Gasteiger partial charge >= 0.3 is 24.2 Å². The van der Waals surface area contributed by atoms with Gasteiger partial charge in [-0.05, 0) is 31.5 Å². The molecule has 0 bridgehead atoms. The number of rotatable bonds is 11. The molecule has 0 spiro atoms. The molecule has 1 aromatic carbocycles. The summed E-state index contributed by atoms with van der Waals surface area (Å²) in [5.41, 5.74) is 5.00. The summed E-state index contributed by atoms with van der Waals surface area (Å²) in [7, 11) is 0. The van der Waals surface area contributed by atoms with E-state index in [0.29, 0.717) is 10.6 Å². The van der Waals surface area contributed by atoms with E-state index in [1.54, 1.807) is 32.0 Å². The Bertz CT molecular complexity index is 1060. The highest BCUT2D eigenvalue weighted by Gasteiger charge is 2.79. The number of hydrogen-bond acceptors (Lipinski definition) is 13. The lowest BCUT2D eigenvalue weighted by Crippen LogP contribution is -2.62. The van der Waals surface area contributed by atoms with Crippen LogP contribution in [0.3, 0.4) is 0 Å². The van der Waals surface area contributed by atoms with Crippen molar-refractivity contribution in [1.82, 2.24) is 0 Å². The van der Waals surface area contributed by atoms with Gasteiger partial charge < -0.3 is 44.0 Å². The highest BCUT2D eigenvalue weighted by Crippen LogP contribution is 2.63. The molecule has 0 unspecified atom stereocenters. The third-order valence-corrected chi connectivity index (χ3v) is 6.85. The largest absolute Gasteiger partial charge is 0.511 e. The van der Waals surface area contributed by atoms with Crippen LogP contribution in [0, 0.1) is 17.8 Å². The van der Waals surface area contributed by atoms with Gasteiger partial charge in [0.05, 0.1) is 41.9 Å². The molecule has 1 aromatic rings. The quantitative estimate of drug-likeness (QED) is 0.211. The second kappa shape index (κ2) is 14.2. The Balaban J connectivity index is 0.00000533. The topological polar surface area (TPSA) is 179 Å². The fraction of sp³-hybridized carbons (Fsp3) is 0.565. The van der Waals surface area contributed by atoms with E-state index >= 15 is 0 Å². The standard InChI is InChI=1S/C23H27Cl2NO12.ClH/c1-3-32-21(30)37-9-35-19(28)15-14-16(15)23(26,20(29)36-10-38-22(31)33-4-2)18(17(14)27)34-8-11-5-6-12(24)13(25)7-11;/h5-7,14-18,27H,3-4,8-10,26H2,1-2H3;1H/t14-,15-,16-,17-,18+,23+;/m0./s1. The van der Waals surface area contributed by atoms with Crippen LogP contribution >= 0.6 is 35.6 Å². The molecule has 218 valence electrons. The summed E-state index contributed by atoms with van der Waals surface area (Å²) in [5.74, 6) is -4.76. The van der Waals surface area contributed by atoms with Crippen molar-refractivity contribution in [3.05, 3.63) is 33.8 Å². The molecule has 0 saturated heterocycles. The Kier molecular flexibility index (Phi) is 11.9. The summed E-state index contributed by atoms with van der Waals surface area (Å²) in [6.07, 6.45) is -4.81. The average Bonchev–Trinajstić information content (AvgIpc) is 3.58. The van der Waals surface area contributed by atoms with Crippen molar-refractivity contribution in [2.24, 2.45) is 23.5 Å². The highest BCUT2D eigenvalue weighted by molar-refractivity contribution is 6.42. The van der Waals surface area contributed by atoms with Gasteiger partial charge in [-0.2, -0.15) is 0 Å². The van der Waals surface area contributed by atoms with E-state index < -0.39 is 73.3 Å². The van der Waals surface area contributed by atoms with Gasteiger partial charge in [-0.25, -0.2) is 14.4 Å². The summed E-state index contributed by atoms with van der Waals surface area (Å²) in [6.45, 7) is 1.54. The van der Waals surface area contributed by atoms with Crippen molar-refractivity contribution >= 4 is 59.9 Å². The van der Waals surface area contributed by atoms with E-state index in [1.165, 1.54) is 0 Å². The number of fused-ring (bicyclic) bond motifs is 1. The van der Waals surface area contributed by atoms with E-state index in [9.17, 15) is 24.3 Å². The number of carbonyl (C=O) groups is 4. The van der Waals surface area contributed by atoms with Gasteiger partial charge in [0.1, 0.15) is 11.6 Å². The predicted molar refractivity (Wildman–Crippen MR) is 134 cm³/mol. The van der Waals surface area contributed by atoms with Crippen molar-refractivity contribution in [1.29, 1.82) is 0 Å². The molecule has 2 saturated carbocycles.